The summed E-state index contributed by atoms with van der Waals surface area (Å²) < 4.78 is 7.13. The van der Waals surface area contributed by atoms with Crippen molar-refractivity contribution < 1.29 is 0 Å². The van der Waals surface area contributed by atoms with Crippen LogP contribution in [0.2, 0.25) is 0 Å². The number of fused-ring (bicyclic) bond motifs is 11. The smallest absolute Gasteiger partial charge is 0.102 e. The molecule has 5 heteroatoms. The standard InChI is InChI=1S/C62H35N3S2/c63-36-50-54(40-22-9-3-10-23-40)51(37-64)58(55(41-24-11-4-12-25-41)57(50)56-42(38-18-5-1-6-19-38)28-17-29-43(56)39-20-7-2-8-21-39)65-59-46(32-34-48-44-26-13-15-30-52(44)66-61(48)59)47-33-35-49-45-27-14-16-31-53(45)67-62(49)60(47)65/h1-35H. The van der Waals surface area contributed by atoms with Crippen LogP contribution in [0.3, 0.4) is 0 Å². The molecule has 0 fully saturated rings. The van der Waals surface area contributed by atoms with Crippen molar-refractivity contribution in [2.24, 2.45) is 0 Å². The molecule has 3 heterocycles. The van der Waals surface area contributed by atoms with Gasteiger partial charge in [-0.3, -0.25) is 0 Å². The first-order valence-corrected chi connectivity index (χ1v) is 23.9. The van der Waals surface area contributed by atoms with Crippen LogP contribution in [0.15, 0.2) is 212 Å². The summed E-state index contributed by atoms with van der Waals surface area (Å²) in [4.78, 5) is 0. The Kier molecular flexibility index (Phi) is 9.01. The van der Waals surface area contributed by atoms with Crippen LogP contribution in [0, 0.1) is 22.7 Å². The molecule has 0 aliphatic rings. The van der Waals surface area contributed by atoms with Crippen LogP contribution in [0.1, 0.15) is 11.1 Å². The van der Waals surface area contributed by atoms with Crippen LogP contribution in [-0.4, -0.2) is 4.57 Å². The van der Waals surface area contributed by atoms with E-state index in [2.05, 4.69) is 180 Å². The second-order valence-electron chi connectivity index (χ2n) is 16.8. The maximum atomic E-state index is 12.1. The van der Waals surface area contributed by atoms with Crippen molar-refractivity contribution in [3.63, 3.8) is 0 Å². The maximum Gasteiger partial charge on any atom is 0.102 e. The minimum absolute atomic E-state index is 0.443. The van der Waals surface area contributed by atoms with Crippen molar-refractivity contribution in [1.82, 2.24) is 4.57 Å². The van der Waals surface area contributed by atoms with Crippen LogP contribution in [0.4, 0.5) is 0 Å². The fourth-order valence-corrected chi connectivity index (χ4v) is 13.0. The van der Waals surface area contributed by atoms with Crippen molar-refractivity contribution >= 4 is 84.8 Å². The van der Waals surface area contributed by atoms with E-state index < -0.39 is 0 Å². The third kappa shape index (κ3) is 5.86. The fourth-order valence-electron chi connectivity index (χ4n) is 10.5. The fraction of sp³-hybridized carbons (Fsp3) is 0. The van der Waals surface area contributed by atoms with Gasteiger partial charge in [0.15, 0.2) is 0 Å². The number of nitriles is 2. The molecular formula is C62H35N3S2. The van der Waals surface area contributed by atoms with Gasteiger partial charge >= 0.3 is 0 Å². The molecule has 0 saturated heterocycles. The highest BCUT2D eigenvalue weighted by atomic mass is 32.1. The van der Waals surface area contributed by atoms with Gasteiger partial charge in [-0.15, -0.1) is 22.7 Å². The van der Waals surface area contributed by atoms with E-state index in [0.717, 1.165) is 87.0 Å². The third-order valence-electron chi connectivity index (χ3n) is 13.3. The van der Waals surface area contributed by atoms with Crippen LogP contribution in [0.25, 0.3) is 123 Å². The molecule has 10 aromatic carbocycles. The van der Waals surface area contributed by atoms with Crippen LogP contribution in [0.5, 0.6) is 0 Å². The molecule has 0 spiro atoms. The van der Waals surface area contributed by atoms with Crippen molar-refractivity contribution in [3.8, 4) is 73.5 Å². The molecule has 13 aromatic rings. The summed E-state index contributed by atoms with van der Waals surface area (Å²) in [5.74, 6) is 0. The van der Waals surface area contributed by atoms with E-state index in [4.69, 9.17) is 0 Å². The Hall–Kier alpha value is -8.58. The summed E-state index contributed by atoms with van der Waals surface area (Å²) in [6, 6.07) is 79.9. The molecule has 310 valence electrons. The number of hydrogen-bond donors (Lipinski definition) is 0. The lowest BCUT2D eigenvalue weighted by atomic mass is 9.77. The molecule has 0 unspecified atom stereocenters. The average Bonchev–Trinajstić information content (AvgIpc) is 4.08. The van der Waals surface area contributed by atoms with E-state index in [1.807, 2.05) is 48.5 Å². The average molecular weight is 886 g/mol. The molecule has 0 radical (unpaired) electrons. The molecule has 3 nitrogen and oxygen atoms in total. The molecule has 0 bridgehead atoms. The summed E-state index contributed by atoms with van der Waals surface area (Å²) in [7, 11) is 0. The number of hydrogen-bond acceptors (Lipinski definition) is 4. The molecule has 0 aliphatic carbocycles. The Morgan fingerprint density at radius 3 is 1.18 bits per heavy atom. The molecule has 0 aliphatic heterocycles. The molecule has 0 N–H and O–H groups in total. The number of thiophene rings is 2. The topological polar surface area (TPSA) is 52.5 Å². The predicted octanol–water partition coefficient (Wildman–Crippen LogP) is 17.6. The molecule has 3 aromatic heterocycles. The lowest BCUT2D eigenvalue weighted by molar-refractivity contribution is 1.18. The maximum absolute atomic E-state index is 12.1. The van der Waals surface area contributed by atoms with Gasteiger partial charge in [-0.2, -0.15) is 10.5 Å². The Bertz CT molecular complexity index is 4020. The monoisotopic (exact) mass is 885 g/mol. The minimum Gasteiger partial charge on any atom is -0.304 e. The molecule has 0 atom stereocenters. The van der Waals surface area contributed by atoms with Gasteiger partial charge in [-0.1, -0.05) is 200 Å². The Labute approximate surface area is 394 Å². The van der Waals surface area contributed by atoms with Crippen molar-refractivity contribution in [2.75, 3.05) is 0 Å². The zero-order valence-corrected chi connectivity index (χ0v) is 37.5. The largest absolute Gasteiger partial charge is 0.304 e. The van der Waals surface area contributed by atoms with Gasteiger partial charge in [-0.25, -0.2) is 0 Å². The second-order valence-corrected chi connectivity index (χ2v) is 19.0. The third-order valence-corrected chi connectivity index (χ3v) is 15.7. The van der Waals surface area contributed by atoms with Gasteiger partial charge in [-0.05, 0) is 51.1 Å². The SMILES string of the molecule is N#Cc1c(-c2ccccc2)c(C#N)c(-n2c3c(ccc4c5ccccc5sc43)c3ccc4c5ccccc5sc4c32)c(-c2ccccc2)c1-c1c(-c2ccccc2)cccc1-c1ccccc1. The summed E-state index contributed by atoms with van der Waals surface area (Å²) in [6.45, 7) is 0. The Morgan fingerprint density at radius 1 is 0.313 bits per heavy atom. The minimum atomic E-state index is 0.443. The number of rotatable bonds is 6. The first-order chi connectivity index (χ1) is 33.2. The van der Waals surface area contributed by atoms with E-state index in [-0.39, 0.29) is 0 Å². The van der Waals surface area contributed by atoms with Gasteiger partial charge in [0, 0.05) is 58.4 Å². The van der Waals surface area contributed by atoms with Crippen molar-refractivity contribution in [1.29, 1.82) is 10.5 Å². The summed E-state index contributed by atoms with van der Waals surface area (Å²) >= 11 is 3.59. The van der Waals surface area contributed by atoms with Gasteiger partial charge in [0.2, 0.25) is 0 Å². The number of nitrogens with zero attached hydrogens (tertiary/aromatic N) is 3. The normalized spacial score (nSPS) is 11.6. The lowest BCUT2D eigenvalue weighted by Gasteiger charge is -2.27. The highest BCUT2D eigenvalue weighted by molar-refractivity contribution is 7.27. The summed E-state index contributed by atoms with van der Waals surface area (Å²) in [5, 5.41) is 31.0. The Balaban J connectivity index is 1.36. The second kappa shape index (κ2) is 15.5. The predicted molar refractivity (Wildman–Crippen MR) is 283 cm³/mol. The van der Waals surface area contributed by atoms with Crippen molar-refractivity contribution in [3.05, 3.63) is 223 Å². The molecular weight excluding hydrogens is 851 g/mol. The molecule has 0 amide bonds. The van der Waals surface area contributed by atoms with Gasteiger partial charge < -0.3 is 4.57 Å². The van der Waals surface area contributed by atoms with E-state index in [1.54, 1.807) is 22.7 Å². The van der Waals surface area contributed by atoms with Gasteiger partial charge in [0.1, 0.15) is 12.1 Å². The summed E-state index contributed by atoms with van der Waals surface area (Å²) in [5.41, 5.74) is 12.6. The van der Waals surface area contributed by atoms with Crippen LogP contribution < -0.4 is 0 Å². The highest BCUT2D eigenvalue weighted by Crippen LogP contribution is 2.55. The van der Waals surface area contributed by atoms with E-state index in [9.17, 15) is 10.5 Å². The Morgan fingerprint density at radius 2 is 0.716 bits per heavy atom. The quantitative estimate of drug-likeness (QED) is 0.167. The lowest BCUT2D eigenvalue weighted by Crippen LogP contribution is -2.08. The molecule has 0 saturated carbocycles. The van der Waals surface area contributed by atoms with Crippen LogP contribution >= 0.6 is 22.7 Å². The van der Waals surface area contributed by atoms with Crippen LogP contribution in [-0.2, 0) is 0 Å². The zero-order valence-electron chi connectivity index (χ0n) is 35.9. The van der Waals surface area contributed by atoms with Crippen molar-refractivity contribution in [2.45, 2.75) is 0 Å². The molecule has 13 rings (SSSR count). The first-order valence-electron chi connectivity index (χ1n) is 22.3. The first kappa shape index (κ1) is 38.8. The zero-order chi connectivity index (χ0) is 44.6. The molecule has 67 heavy (non-hydrogen) atoms. The summed E-state index contributed by atoms with van der Waals surface area (Å²) in [6.07, 6.45) is 0. The van der Waals surface area contributed by atoms with E-state index in [0.29, 0.717) is 16.7 Å². The highest BCUT2D eigenvalue weighted by Gasteiger charge is 2.33. The van der Waals surface area contributed by atoms with Gasteiger partial charge in [0.05, 0.1) is 37.2 Å². The number of aromatic nitrogens is 1. The number of benzene rings is 10. The van der Waals surface area contributed by atoms with E-state index in [1.165, 1.54) is 30.9 Å². The van der Waals surface area contributed by atoms with Gasteiger partial charge in [0.25, 0.3) is 0 Å². The van der Waals surface area contributed by atoms with E-state index >= 15 is 0 Å².